The SMILES string of the molecule is COC1CCN(SNC(=O)c2cc(F)c(C(=O)O)cc2N(C)C)C1. The summed E-state index contributed by atoms with van der Waals surface area (Å²) >= 11 is 1.14. The van der Waals surface area contributed by atoms with Gasteiger partial charge in [-0.05, 0) is 18.6 Å². The van der Waals surface area contributed by atoms with Crippen molar-refractivity contribution in [2.75, 3.05) is 39.2 Å². The van der Waals surface area contributed by atoms with Crippen LogP contribution in [0.3, 0.4) is 0 Å². The minimum Gasteiger partial charge on any atom is -0.478 e. The Morgan fingerprint density at radius 1 is 1.42 bits per heavy atom. The Kier molecular flexibility index (Phi) is 6.03. The highest BCUT2D eigenvalue weighted by atomic mass is 32.2. The Bertz CT molecular complexity index is 641. The summed E-state index contributed by atoms with van der Waals surface area (Å²) in [4.78, 5) is 25.0. The lowest BCUT2D eigenvalue weighted by atomic mass is 10.1. The lowest BCUT2D eigenvalue weighted by molar-refractivity contribution is 0.0691. The minimum atomic E-state index is -1.38. The molecule has 0 spiro atoms. The molecule has 2 rings (SSSR count). The number of amides is 1. The summed E-state index contributed by atoms with van der Waals surface area (Å²) < 4.78 is 23.8. The van der Waals surface area contributed by atoms with Gasteiger partial charge in [0.05, 0.1) is 22.9 Å². The smallest absolute Gasteiger partial charge is 0.338 e. The topological polar surface area (TPSA) is 82.1 Å². The van der Waals surface area contributed by atoms with Crippen LogP contribution in [0, 0.1) is 5.82 Å². The molecule has 1 fully saturated rings. The molecule has 1 atom stereocenters. The Labute approximate surface area is 144 Å². The maximum Gasteiger partial charge on any atom is 0.338 e. The number of carbonyl (C=O) groups is 2. The van der Waals surface area contributed by atoms with Crippen molar-refractivity contribution >= 4 is 29.7 Å². The molecule has 2 N–H and O–H groups in total. The molecule has 0 saturated carbocycles. The Morgan fingerprint density at radius 3 is 2.67 bits per heavy atom. The highest BCUT2D eigenvalue weighted by molar-refractivity contribution is 7.95. The van der Waals surface area contributed by atoms with Crippen molar-refractivity contribution in [3.05, 3.63) is 29.1 Å². The monoisotopic (exact) mass is 357 g/mol. The van der Waals surface area contributed by atoms with E-state index >= 15 is 0 Å². The predicted molar refractivity (Wildman–Crippen MR) is 89.7 cm³/mol. The van der Waals surface area contributed by atoms with E-state index in [4.69, 9.17) is 9.84 Å². The van der Waals surface area contributed by atoms with Crippen molar-refractivity contribution in [2.45, 2.75) is 12.5 Å². The molecular formula is C15H20FN3O4S. The van der Waals surface area contributed by atoms with Crippen LogP contribution in [-0.4, -0.2) is 61.7 Å². The van der Waals surface area contributed by atoms with E-state index in [1.165, 1.54) is 0 Å². The van der Waals surface area contributed by atoms with E-state index in [1.54, 1.807) is 26.1 Å². The van der Waals surface area contributed by atoms with Gasteiger partial charge < -0.3 is 14.7 Å². The van der Waals surface area contributed by atoms with Crippen LogP contribution < -0.4 is 9.62 Å². The van der Waals surface area contributed by atoms with E-state index in [0.717, 1.165) is 37.2 Å². The van der Waals surface area contributed by atoms with Crippen molar-refractivity contribution in [1.29, 1.82) is 0 Å². The van der Waals surface area contributed by atoms with Gasteiger partial charge in [-0.25, -0.2) is 13.5 Å². The number of halogens is 1. The number of carbonyl (C=O) groups excluding carboxylic acids is 1. The largest absolute Gasteiger partial charge is 0.478 e. The van der Waals surface area contributed by atoms with Crippen molar-refractivity contribution in [1.82, 2.24) is 9.03 Å². The summed E-state index contributed by atoms with van der Waals surface area (Å²) in [5.41, 5.74) is -0.0500. The van der Waals surface area contributed by atoms with E-state index in [2.05, 4.69) is 4.72 Å². The van der Waals surface area contributed by atoms with Gasteiger partial charge in [-0.15, -0.1) is 0 Å². The number of nitrogens with one attached hydrogen (secondary N) is 1. The number of carboxylic acid groups (broad SMARTS) is 1. The van der Waals surface area contributed by atoms with Crippen LogP contribution in [0.1, 0.15) is 27.1 Å². The molecule has 1 aromatic carbocycles. The maximum absolute atomic E-state index is 13.9. The Hall–Kier alpha value is -1.84. The first-order chi connectivity index (χ1) is 11.3. The van der Waals surface area contributed by atoms with Gasteiger partial charge >= 0.3 is 5.97 Å². The Balaban J connectivity index is 2.13. The molecule has 0 radical (unpaired) electrons. The van der Waals surface area contributed by atoms with Crippen molar-refractivity contribution < 1.29 is 23.8 Å². The standard InChI is InChI=1S/C15H20FN3O4S/c1-18(2)13-7-10(15(21)22)12(16)6-11(13)14(20)17-24-19-5-4-9(8-19)23-3/h6-7,9H,4-5,8H2,1-3H3,(H,17,20)(H,21,22). The minimum absolute atomic E-state index is 0.0810. The molecule has 1 heterocycles. The number of rotatable bonds is 6. The number of anilines is 1. The highest BCUT2D eigenvalue weighted by Gasteiger charge is 2.25. The molecule has 0 aliphatic carbocycles. The average Bonchev–Trinajstić information content (AvgIpc) is 2.99. The van der Waals surface area contributed by atoms with Gasteiger partial charge in [0.2, 0.25) is 0 Å². The zero-order valence-corrected chi connectivity index (χ0v) is 14.5. The van der Waals surface area contributed by atoms with Crippen molar-refractivity contribution in [3.63, 3.8) is 0 Å². The van der Waals surface area contributed by atoms with Crippen LogP contribution in [-0.2, 0) is 4.74 Å². The summed E-state index contributed by atoms with van der Waals surface area (Å²) in [7, 11) is 4.96. The van der Waals surface area contributed by atoms with Crippen molar-refractivity contribution in [3.8, 4) is 0 Å². The second-order valence-electron chi connectivity index (χ2n) is 5.61. The lowest BCUT2D eigenvalue weighted by Gasteiger charge is -2.19. The molecule has 1 aliphatic rings. The molecule has 0 bridgehead atoms. The molecule has 0 aromatic heterocycles. The van der Waals surface area contributed by atoms with Gasteiger partial charge in [0, 0.05) is 46.4 Å². The number of hydrogen-bond acceptors (Lipinski definition) is 6. The normalized spacial score (nSPS) is 17.8. The summed E-state index contributed by atoms with van der Waals surface area (Å²) in [5, 5.41) is 9.01. The molecule has 7 nitrogen and oxygen atoms in total. The van der Waals surface area contributed by atoms with Crippen LogP contribution in [0.5, 0.6) is 0 Å². The maximum atomic E-state index is 13.9. The third-order valence-corrected chi connectivity index (χ3v) is 4.62. The number of benzene rings is 1. The van der Waals surface area contributed by atoms with Gasteiger partial charge in [-0.1, -0.05) is 0 Å². The number of nitrogens with zero attached hydrogens (tertiary/aromatic N) is 2. The molecule has 1 saturated heterocycles. The molecular weight excluding hydrogens is 337 g/mol. The molecule has 1 aromatic rings. The van der Waals surface area contributed by atoms with Gasteiger partial charge in [-0.2, -0.15) is 0 Å². The number of aromatic carboxylic acids is 1. The fraction of sp³-hybridized carbons (Fsp3) is 0.467. The molecule has 24 heavy (non-hydrogen) atoms. The second-order valence-corrected chi connectivity index (χ2v) is 6.51. The van der Waals surface area contributed by atoms with Crippen molar-refractivity contribution in [2.24, 2.45) is 0 Å². The van der Waals surface area contributed by atoms with Crippen LogP contribution >= 0.6 is 12.1 Å². The third kappa shape index (κ3) is 4.16. The van der Waals surface area contributed by atoms with Gasteiger partial charge in [0.1, 0.15) is 5.82 Å². The third-order valence-electron chi connectivity index (χ3n) is 3.75. The number of ether oxygens (including phenoxy) is 1. The molecule has 1 amide bonds. The quantitative estimate of drug-likeness (QED) is 0.749. The van der Waals surface area contributed by atoms with Crippen LogP contribution in [0.2, 0.25) is 0 Å². The number of carboxylic acids is 1. The second kappa shape index (κ2) is 7.82. The first-order valence-electron chi connectivity index (χ1n) is 7.32. The molecule has 132 valence electrons. The van der Waals surface area contributed by atoms with Gasteiger partial charge in [0.15, 0.2) is 0 Å². The fourth-order valence-electron chi connectivity index (χ4n) is 2.41. The molecule has 9 heteroatoms. The van der Waals surface area contributed by atoms with E-state index in [1.807, 2.05) is 4.31 Å². The zero-order valence-electron chi connectivity index (χ0n) is 13.7. The summed E-state index contributed by atoms with van der Waals surface area (Å²) in [6.45, 7) is 1.46. The molecule has 1 unspecified atom stereocenters. The van der Waals surface area contributed by atoms with Gasteiger partial charge in [-0.3, -0.25) is 9.52 Å². The zero-order chi connectivity index (χ0) is 17.9. The first kappa shape index (κ1) is 18.5. The summed E-state index contributed by atoms with van der Waals surface area (Å²) in [5.74, 6) is -2.80. The van der Waals surface area contributed by atoms with E-state index < -0.39 is 23.3 Å². The average molecular weight is 357 g/mol. The van der Waals surface area contributed by atoms with E-state index in [0.29, 0.717) is 12.2 Å². The highest BCUT2D eigenvalue weighted by Crippen LogP contribution is 2.25. The first-order valence-corrected chi connectivity index (χ1v) is 8.10. The Morgan fingerprint density at radius 2 is 2.12 bits per heavy atom. The summed E-state index contributed by atoms with van der Waals surface area (Å²) in [6, 6.07) is 2.12. The van der Waals surface area contributed by atoms with E-state index in [-0.39, 0.29) is 11.7 Å². The predicted octanol–water partition coefficient (Wildman–Crippen LogP) is 1.60. The number of hydrogen-bond donors (Lipinski definition) is 2. The lowest BCUT2D eigenvalue weighted by Crippen LogP contribution is -2.27. The van der Waals surface area contributed by atoms with Crippen LogP contribution in [0.4, 0.5) is 10.1 Å². The fourth-order valence-corrected chi connectivity index (χ4v) is 3.17. The van der Waals surface area contributed by atoms with Crippen LogP contribution in [0.25, 0.3) is 0 Å². The van der Waals surface area contributed by atoms with Crippen LogP contribution in [0.15, 0.2) is 12.1 Å². The summed E-state index contributed by atoms with van der Waals surface area (Å²) in [6.07, 6.45) is 1.02. The molecule has 1 aliphatic heterocycles. The van der Waals surface area contributed by atoms with Gasteiger partial charge in [0.25, 0.3) is 5.91 Å². The number of methoxy groups -OCH3 is 1. The van der Waals surface area contributed by atoms with E-state index in [9.17, 15) is 14.0 Å².